The van der Waals surface area contributed by atoms with Crippen LogP contribution in [-0.2, 0) is 33.2 Å². The molecule has 16 heteroatoms. The maximum absolute atomic E-state index is 13.6. The van der Waals surface area contributed by atoms with Crippen LogP contribution >= 0.6 is 0 Å². The first-order chi connectivity index (χ1) is 23.3. The molecule has 0 unspecified atom stereocenters. The van der Waals surface area contributed by atoms with Crippen molar-refractivity contribution in [3.63, 3.8) is 0 Å². The van der Waals surface area contributed by atoms with Gasteiger partial charge in [0.1, 0.15) is 11.9 Å². The highest BCUT2D eigenvalue weighted by Crippen LogP contribution is 2.42. The highest BCUT2D eigenvalue weighted by molar-refractivity contribution is 5.72. The number of carbonyl (C=O) groups excluding carboxylic acids is 2. The molecule has 2 aromatic rings. The summed E-state index contributed by atoms with van der Waals surface area (Å²) in [6.07, 6.45) is -13.7. The van der Waals surface area contributed by atoms with Crippen LogP contribution < -0.4 is 9.64 Å². The number of halogens is 9. The molecule has 2 aliphatic rings. The van der Waals surface area contributed by atoms with Crippen LogP contribution in [0.25, 0.3) is 0 Å². The van der Waals surface area contributed by atoms with Crippen molar-refractivity contribution in [2.24, 2.45) is 11.8 Å². The van der Waals surface area contributed by atoms with Crippen molar-refractivity contribution in [2.45, 2.75) is 96.7 Å². The molecular formula is C34H39F9N2O5. The summed E-state index contributed by atoms with van der Waals surface area (Å²) in [6, 6.07) is 3.52. The molecule has 50 heavy (non-hydrogen) atoms. The van der Waals surface area contributed by atoms with E-state index in [9.17, 15) is 49.1 Å². The smallest absolute Gasteiger partial charge is 0.466 e. The minimum absolute atomic E-state index is 0.0314. The maximum Gasteiger partial charge on any atom is 0.573 e. The van der Waals surface area contributed by atoms with E-state index in [1.807, 2.05) is 11.8 Å². The second-order valence-corrected chi connectivity index (χ2v) is 12.7. The van der Waals surface area contributed by atoms with Crippen molar-refractivity contribution in [2.75, 3.05) is 24.6 Å². The lowest BCUT2D eigenvalue weighted by Crippen LogP contribution is -2.35. The summed E-state index contributed by atoms with van der Waals surface area (Å²) in [5.41, 5.74) is -2.99. The zero-order valence-corrected chi connectivity index (χ0v) is 27.7. The average molecular weight is 727 g/mol. The van der Waals surface area contributed by atoms with Crippen LogP contribution in [0.1, 0.15) is 87.7 Å². The lowest BCUT2D eigenvalue weighted by Gasteiger charge is -2.35. The van der Waals surface area contributed by atoms with Gasteiger partial charge in [0.05, 0.1) is 30.3 Å². The molecule has 2 atom stereocenters. The maximum atomic E-state index is 13.6. The molecule has 1 aliphatic carbocycles. The molecule has 0 aromatic heterocycles. The minimum Gasteiger partial charge on any atom is -0.466 e. The Morgan fingerprint density at radius 2 is 1.50 bits per heavy atom. The summed E-state index contributed by atoms with van der Waals surface area (Å²) in [7, 11) is 0. The summed E-state index contributed by atoms with van der Waals surface area (Å²) in [5, 5.41) is 0. The molecule has 7 nitrogen and oxygen atoms in total. The number of nitrogens with zero attached hydrogens (tertiary/aromatic N) is 2. The van der Waals surface area contributed by atoms with Crippen LogP contribution in [0.4, 0.5) is 50.0 Å². The van der Waals surface area contributed by atoms with E-state index in [0.29, 0.717) is 50.4 Å². The first kappa shape index (κ1) is 38.9. The van der Waals surface area contributed by atoms with Crippen LogP contribution in [0.2, 0.25) is 0 Å². The van der Waals surface area contributed by atoms with Gasteiger partial charge in [0.15, 0.2) is 0 Å². The van der Waals surface area contributed by atoms with Gasteiger partial charge in [-0.2, -0.15) is 26.3 Å². The molecule has 1 saturated heterocycles. The number of rotatable bonds is 12. The third kappa shape index (κ3) is 10.1. The Hall–Kier alpha value is -3.85. The molecule has 0 N–H and O–H groups in total. The van der Waals surface area contributed by atoms with E-state index < -0.39 is 59.4 Å². The summed E-state index contributed by atoms with van der Waals surface area (Å²) < 4.78 is 136. The molecule has 4 rings (SSSR count). The Labute approximate surface area is 283 Å². The Bertz CT molecular complexity index is 1450. The van der Waals surface area contributed by atoms with E-state index in [0.717, 1.165) is 42.7 Å². The number of alkyl halides is 9. The zero-order valence-electron chi connectivity index (χ0n) is 27.7. The van der Waals surface area contributed by atoms with Crippen LogP contribution in [-0.4, -0.2) is 49.1 Å². The minimum atomic E-state index is -5.13. The van der Waals surface area contributed by atoms with Crippen molar-refractivity contribution in [1.82, 2.24) is 4.90 Å². The van der Waals surface area contributed by atoms with E-state index in [-0.39, 0.29) is 36.0 Å². The molecule has 1 aliphatic heterocycles. The predicted molar refractivity (Wildman–Crippen MR) is 163 cm³/mol. The zero-order chi connectivity index (χ0) is 37.0. The fourth-order valence-electron chi connectivity index (χ4n) is 6.65. The third-order valence-electron chi connectivity index (χ3n) is 9.00. The van der Waals surface area contributed by atoms with Crippen molar-refractivity contribution in [3.8, 4) is 5.75 Å². The fraction of sp³-hybridized carbons (Fsp3) is 0.588. The SMILES string of the molecule is CCCN(C[C@H]1CC[C@H](CC(=O)OCC)CC1)c1ccc(OC(F)(F)F)cc1CN1C(=O)O[C@H](c2cc(C(F)(F)F)cc(C(F)(F)F)c2)[C@@H]1C. The van der Waals surface area contributed by atoms with Crippen LogP contribution in [0.15, 0.2) is 36.4 Å². The van der Waals surface area contributed by atoms with E-state index in [1.165, 1.54) is 13.0 Å². The van der Waals surface area contributed by atoms with Crippen molar-refractivity contribution >= 4 is 17.7 Å². The number of ether oxygens (including phenoxy) is 3. The number of hydrogen-bond acceptors (Lipinski definition) is 6. The van der Waals surface area contributed by atoms with Crippen LogP contribution in [0.3, 0.4) is 0 Å². The fourth-order valence-corrected chi connectivity index (χ4v) is 6.65. The second-order valence-electron chi connectivity index (χ2n) is 12.7. The number of anilines is 1. The molecule has 1 heterocycles. The van der Waals surface area contributed by atoms with Crippen molar-refractivity contribution in [1.29, 1.82) is 0 Å². The van der Waals surface area contributed by atoms with Gasteiger partial charge in [-0.15, -0.1) is 13.2 Å². The third-order valence-corrected chi connectivity index (χ3v) is 9.00. The van der Waals surface area contributed by atoms with Gasteiger partial charge in [-0.25, -0.2) is 4.79 Å². The molecular weight excluding hydrogens is 687 g/mol. The summed E-state index contributed by atoms with van der Waals surface area (Å²) in [6.45, 7) is 5.95. The van der Waals surface area contributed by atoms with Crippen LogP contribution in [0.5, 0.6) is 5.75 Å². The largest absolute Gasteiger partial charge is 0.573 e. The molecule has 0 bridgehead atoms. The van der Waals surface area contributed by atoms with Gasteiger partial charge in [0.2, 0.25) is 0 Å². The summed E-state index contributed by atoms with van der Waals surface area (Å²) in [5.74, 6) is -0.460. The Balaban J connectivity index is 1.62. The molecule has 278 valence electrons. The number of cyclic esters (lactones) is 1. The van der Waals surface area contributed by atoms with Gasteiger partial charge in [-0.3, -0.25) is 9.69 Å². The number of carbonyl (C=O) groups is 2. The topological polar surface area (TPSA) is 68.3 Å². The summed E-state index contributed by atoms with van der Waals surface area (Å²) >= 11 is 0. The Morgan fingerprint density at radius 1 is 0.900 bits per heavy atom. The Kier molecular flexibility index (Phi) is 12.1. The van der Waals surface area contributed by atoms with Gasteiger partial charge in [-0.05, 0) is 105 Å². The van der Waals surface area contributed by atoms with Gasteiger partial charge in [-0.1, -0.05) is 6.92 Å². The number of esters is 1. The quantitative estimate of drug-likeness (QED) is 0.160. The van der Waals surface area contributed by atoms with E-state index >= 15 is 0 Å². The predicted octanol–water partition coefficient (Wildman–Crippen LogP) is 9.68. The normalized spacial score (nSPS) is 21.6. The molecule has 1 saturated carbocycles. The Morgan fingerprint density at radius 3 is 2.04 bits per heavy atom. The van der Waals surface area contributed by atoms with Gasteiger partial charge in [0.25, 0.3) is 0 Å². The molecule has 1 amide bonds. The number of amides is 1. The van der Waals surface area contributed by atoms with Crippen molar-refractivity contribution < 1.29 is 63.3 Å². The van der Waals surface area contributed by atoms with Gasteiger partial charge >= 0.3 is 30.8 Å². The monoisotopic (exact) mass is 726 g/mol. The first-order valence-electron chi connectivity index (χ1n) is 16.3. The first-order valence-corrected chi connectivity index (χ1v) is 16.3. The van der Waals surface area contributed by atoms with Gasteiger partial charge in [0, 0.05) is 25.2 Å². The lowest BCUT2D eigenvalue weighted by molar-refractivity contribution is -0.274. The number of benzene rings is 2. The molecule has 0 spiro atoms. The van der Waals surface area contributed by atoms with Crippen molar-refractivity contribution in [3.05, 3.63) is 58.7 Å². The summed E-state index contributed by atoms with van der Waals surface area (Å²) in [4.78, 5) is 28.1. The van der Waals surface area contributed by atoms with E-state index in [1.54, 1.807) is 6.92 Å². The molecule has 2 fully saturated rings. The molecule has 0 radical (unpaired) electrons. The highest BCUT2D eigenvalue weighted by Gasteiger charge is 2.44. The number of hydrogen-bond donors (Lipinski definition) is 0. The average Bonchev–Trinajstić information content (AvgIpc) is 3.28. The van der Waals surface area contributed by atoms with Gasteiger partial charge < -0.3 is 19.1 Å². The van der Waals surface area contributed by atoms with E-state index in [4.69, 9.17) is 9.47 Å². The standard InChI is InChI=1S/C34H39F9N2O5/c1-4-12-44(18-22-8-6-21(7-9-22)13-29(46)48-5-2)28-11-10-27(50-34(41,42)43)16-24(28)19-45-20(3)30(49-31(45)47)23-14-25(32(35,36)37)17-26(15-23)33(38,39)40/h10-11,14-17,20-22,30H,4-9,12-13,18-19H2,1-3H3/t20-,21-,22-,30-/m0/s1. The highest BCUT2D eigenvalue weighted by atomic mass is 19.4. The van der Waals surface area contributed by atoms with Crippen LogP contribution in [0, 0.1) is 11.8 Å². The van der Waals surface area contributed by atoms with E-state index in [2.05, 4.69) is 4.74 Å². The second kappa shape index (κ2) is 15.6. The lowest BCUT2D eigenvalue weighted by atomic mass is 9.80. The molecule has 2 aromatic carbocycles.